The van der Waals surface area contributed by atoms with Gasteiger partial charge in [0.25, 0.3) is 0 Å². The first-order chi connectivity index (χ1) is 13.6. The van der Waals surface area contributed by atoms with Gasteiger partial charge in [0.2, 0.25) is 0 Å². The summed E-state index contributed by atoms with van der Waals surface area (Å²) in [6.45, 7) is 4.12. The molecule has 28 heavy (non-hydrogen) atoms. The van der Waals surface area contributed by atoms with Crippen molar-refractivity contribution in [1.29, 1.82) is 5.26 Å². The Hall–Kier alpha value is -3.78. The molecule has 0 aliphatic heterocycles. The molecule has 1 aromatic heterocycles. The van der Waals surface area contributed by atoms with Crippen LogP contribution >= 0.6 is 0 Å². The molecule has 0 fully saturated rings. The van der Waals surface area contributed by atoms with Crippen LogP contribution in [0.1, 0.15) is 0 Å². The lowest BCUT2D eigenvalue weighted by Crippen LogP contribution is -2.05. The van der Waals surface area contributed by atoms with Crippen LogP contribution in [0.15, 0.2) is 66.9 Å². The van der Waals surface area contributed by atoms with Crippen LogP contribution in [-0.4, -0.2) is 23.4 Å². The summed E-state index contributed by atoms with van der Waals surface area (Å²) in [5, 5.41) is 19.9. The second kappa shape index (κ2) is 7.09. The van der Waals surface area contributed by atoms with Gasteiger partial charge in [-0.1, -0.05) is 36.9 Å². The number of methoxy groups -OCH3 is 1. The summed E-state index contributed by atoms with van der Waals surface area (Å²) >= 11 is 0. The Bertz CT molecular complexity index is 1250. The van der Waals surface area contributed by atoms with Crippen LogP contribution < -0.4 is 10.1 Å². The topological polar surface area (TPSA) is 62.9 Å². The lowest BCUT2D eigenvalue weighted by atomic mass is 9.99. The molecule has 0 aliphatic carbocycles. The van der Waals surface area contributed by atoms with Crippen molar-refractivity contribution in [3.63, 3.8) is 0 Å². The van der Waals surface area contributed by atoms with Crippen LogP contribution in [-0.2, 0) is 7.05 Å². The third-order valence-corrected chi connectivity index (χ3v) is 4.92. The number of ether oxygens (including phenoxy) is 1. The molecule has 0 unspecified atom stereocenters. The van der Waals surface area contributed by atoms with Gasteiger partial charge in [-0.2, -0.15) is 10.4 Å². The van der Waals surface area contributed by atoms with Crippen molar-refractivity contribution < 1.29 is 4.74 Å². The maximum Gasteiger partial charge on any atom is 0.142 e. The lowest BCUT2D eigenvalue weighted by Gasteiger charge is -2.15. The number of nitriles is 1. The fourth-order valence-corrected chi connectivity index (χ4v) is 3.39. The molecular weight excluding hydrogens is 348 g/mol. The number of benzene rings is 3. The van der Waals surface area contributed by atoms with Crippen LogP contribution in [0.25, 0.3) is 32.8 Å². The van der Waals surface area contributed by atoms with E-state index in [0.29, 0.717) is 12.1 Å². The Balaban J connectivity index is 1.85. The molecule has 0 saturated heterocycles. The van der Waals surface area contributed by atoms with Gasteiger partial charge in [-0.15, -0.1) is 0 Å². The zero-order chi connectivity index (χ0) is 19.7. The minimum Gasteiger partial charge on any atom is -0.495 e. The predicted molar refractivity (Wildman–Crippen MR) is 113 cm³/mol. The molecule has 0 radical (unpaired) electrons. The predicted octanol–water partition coefficient (Wildman–Crippen LogP) is 4.89. The summed E-state index contributed by atoms with van der Waals surface area (Å²) in [5.74, 6) is 0.734. The van der Waals surface area contributed by atoms with Crippen molar-refractivity contribution in [3.05, 3.63) is 66.9 Å². The molecule has 4 rings (SSSR count). The molecule has 138 valence electrons. The Labute approximate surface area is 163 Å². The summed E-state index contributed by atoms with van der Waals surface area (Å²) < 4.78 is 7.42. The number of aryl methyl sites for hydroxylation is 1. The van der Waals surface area contributed by atoms with E-state index < -0.39 is 0 Å². The number of anilines is 1. The molecule has 0 amide bonds. The number of fused-ring (bicyclic) bond motifs is 2. The van der Waals surface area contributed by atoms with E-state index in [9.17, 15) is 0 Å². The summed E-state index contributed by atoms with van der Waals surface area (Å²) in [4.78, 5) is 0. The zero-order valence-electron chi connectivity index (χ0n) is 15.9. The van der Waals surface area contributed by atoms with Gasteiger partial charge in [0.15, 0.2) is 0 Å². The largest absolute Gasteiger partial charge is 0.495 e. The Kier molecular flexibility index (Phi) is 4.46. The van der Waals surface area contributed by atoms with E-state index >= 15 is 0 Å². The van der Waals surface area contributed by atoms with Gasteiger partial charge >= 0.3 is 0 Å². The fourth-order valence-electron chi connectivity index (χ4n) is 3.39. The van der Waals surface area contributed by atoms with Crippen molar-refractivity contribution in [2.45, 2.75) is 0 Å². The average molecular weight is 368 g/mol. The fraction of sp³-hybridized carbons (Fsp3) is 0.130. The molecule has 0 saturated carbocycles. The van der Waals surface area contributed by atoms with Gasteiger partial charge in [-0.3, -0.25) is 4.68 Å². The molecule has 1 heterocycles. The van der Waals surface area contributed by atoms with Crippen LogP contribution in [0.3, 0.4) is 0 Å². The lowest BCUT2D eigenvalue weighted by molar-refractivity contribution is 0.417. The molecule has 4 aromatic rings. The first-order valence-corrected chi connectivity index (χ1v) is 8.95. The Morgan fingerprint density at radius 3 is 2.61 bits per heavy atom. The second-order valence-electron chi connectivity index (χ2n) is 6.69. The van der Waals surface area contributed by atoms with E-state index in [-0.39, 0.29) is 0 Å². The normalized spacial score (nSPS) is 10.8. The number of nitrogens with zero attached hydrogens (tertiary/aromatic N) is 3. The van der Waals surface area contributed by atoms with Crippen LogP contribution in [0.5, 0.6) is 5.75 Å². The summed E-state index contributed by atoms with van der Waals surface area (Å²) in [6, 6.07) is 18.7. The standard InChI is InChI=1S/C23H20N4O/c1-15(12-24)13-25-23-20-10-17(5-4-16(20)8-9-22(23)28-3)18-6-7-19-14-26-27(2)21(19)11-18/h4-11,14,25H,1,13H2,2-3H3. The Morgan fingerprint density at radius 2 is 1.86 bits per heavy atom. The van der Waals surface area contributed by atoms with Crippen LogP contribution in [0.4, 0.5) is 5.69 Å². The molecule has 5 nitrogen and oxygen atoms in total. The molecule has 5 heteroatoms. The van der Waals surface area contributed by atoms with Crippen molar-refractivity contribution in [2.24, 2.45) is 7.05 Å². The van der Waals surface area contributed by atoms with Crippen LogP contribution in [0.2, 0.25) is 0 Å². The monoisotopic (exact) mass is 368 g/mol. The van der Waals surface area contributed by atoms with Gasteiger partial charge < -0.3 is 10.1 Å². The number of aromatic nitrogens is 2. The first-order valence-electron chi connectivity index (χ1n) is 8.95. The first kappa shape index (κ1) is 17.6. The highest BCUT2D eigenvalue weighted by Gasteiger charge is 2.11. The van der Waals surface area contributed by atoms with Crippen molar-refractivity contribution in [3.8, 4) is 22.9 Å². The van der Waals surface area contributed by atoms with Crippen molar-refractivity contribution in [2.75, 3.05) is 19.0 Å². The highest BCUT2D eigenvalue weighted by atomic mass is 16.5. The van der Waals surface area contributed by atoms with E-state index in [1.807, 2.05) is 30.1 Å². The minimum absolute atomic E-state index is 0.372. The number of hydrogen-bond acceptors (Lipinski definition) is 4. The molecule has 0 aliphatic rings. The summed E-state index contributed by atoms with van der Waals surface area (Å²) in [7, 11) is 3.59. The highest BCUT2D eigenvalue weighted by Crippen LogP contribution is 2.36. The van der Waals surface area contributed by atoms with Crippen molar-refractivity contribution in [1.82, 2.24) is 9.78 Å². The molecule has 0 spiro atoms. The molecule has 1 N–H and O–H groups in total. The van der Waals surface area contributed by atoms with Gasteiger partial charge in [-0.05, 0) is 34.7 Å². The smallest absolute Gasteiger partial charge is 0.142 e. The van der Waals surface area contributed by atoms with Gasteiger partial charge in [0.1, 0.15) is 5.75 Å². The summed E-state index contributed by atoms with van der Waals surface area (Å²) in [6.07, 6.45) is 1.87. The van der Waals surface area contributed by atoms with Crippen molar-refractivity contribution >= 4 is 27.4 Å². The third-order valence-electron chi connectivity index (χ3n) is 4.92. The van der Waals surface area contributed by atoms with E-state index in [2.05, 4.69) is 59.5 Å². The second-order valence-corrected chi connectivity index (χ2v) is 6.69. The van der Waals surface area contributed by atoms with Gasteiger partial charge in [-0.25, -0.2) is 0 Å². The number of nitrogens with one attached hydrogen (secondary N) is 1. The van der Waals surface area contributed by atoms with E-state index in [4.69, 9.17) is 10.00 Å². The SMILES string of the molecule is C=C(C#N)CNc1c(OC)ccc2ccc(-c3ccc4cnn(C)c4c3)cc12. The van der Waals surface area contributed by atoms with E-state index in [1.54, 1.807) is 7.11 Å². The zero-order valence-corrected chi connectivity index (χ0v) is 15.9. The number of rotatable bonds is 5. The Morgan fingerprint density at radius 1 is 1.14 bits per heavy atom. The van der Waals surface area contributed by atoms with E-state index in [1.165, 1.54) is 0 Å². The van der Waals surface area contributed by atoms with Gasteiger partial charge in [0, 0.05) is 29.9 Å². The molecule has 0 atom stereocenters. The average Bonchev–Trinajstić information content (AvgIpc) is 3.11. The molecule has 0 bridgehead atoms. The third kappa shape index (κ3) is 3.06. The summed E-state index contributed by atoms with van der Waals surface area (Å²) in [5.41, 5.74) is 4.64. The number of hydrogen-bond donors (Lipinski definition) is 1. The highest BCUT2D eigenvalue weighted by molar-refractivity contribution is 6.00. The minimum atomic E-state index is 0.372. The van der Waals surface area contributed by atoms with Crippen LogP contribution in [0, 0.1) is 11.3 Å². The quantitative estimate of drug-likeness (QED) is 0.509. The molecular formula is C23H20N4O. The van der Waals surface area contributed by atoms with Gasteiger partial charge in [0.05, 0.1) is 30.6 Å². The maximum absolute atomic E-state index is 9.01. The maximum atomic E-state index is 9.01. The van der Waals surface area contributed by atoms with E-state index in [0.717, 1.165) is 44.2 Å². The molecule has 3 aromatic carbocycles.